The van der Waals surface area contributed by atoms with E-state index in [1.165, 1.54) is 10.6 Å². The van der Waals surface area contributed by atoms with Gasteiger partial charge in [-0.05, 0) is 55.3 Å². The third-order valence-electron chi connectivity index (χ3n) is 5.35. The summed E-state index contributed by atoms with van der Waals surface area (Å²) >= 11 is 6.04. The monoisotopic (exact) mass is 464 g/mol. The Labute approximate surface area is 193 Å². The van der Waals surface area contributed by atoms with E-state index in [2.05, 4.69) is 15.3 Å². The number of aryl methyl sites for hydroxylation is 2. The number of ether oxygens (including phenoxy) is 1. The summed E-state index contributed by atoms with van der Waals surface area (Å²) in [6.45, 7) is 3.69. The van der Waals surface area contributed by atoms with Crippen LogP contribution < -0.4 is 21.3 Å². The number of carbonyl (C=O) groups is 1. The van der Waals surface area contributed by atoms with E-state index < -0.39 is 17.2 Å². The van der Waals surface area contributed by atoms with Gasteiger partial charge in [-0.3, -0.25) is 19.1 Å². The number of hydrogen-bond acceptors (Lipinski definition) is 5. The number of amides is 1. The predicted molar refractivity (Wildman–Crippen MR) is 128 cm³/mol. The SMILES string of the molecule is COc1ccc(Cn2c(=O)[nH]c(=O)c3cc(C(=O)Nc4cc(Cl)ccc4C)c(C)nc32)cc1. The molecular weight excluding hydrogens is 444 g/mol. The van der Waals surface area contributed by atoms with Crippen LogP contribution >= 0.6 is 11.6 Å². The molecule has 33 heavy (non-hydrogen) atoms. The molecule has 4 aromatic rings. The standard InChI is InChI=1S/C24H21ClN4O4/c1-13-4-7-16(25)10-20(13)27-22(30)18-11-19-21(26-14(18)2)29(24(32)28-23(19)31)12-15-5-8-17(33-3)9-6-15/h4-11H,12H2,1-3H3,(H,27,30)(H,28,31,32). The second-order valence-corrected chi connectivity index (χ2v) is 8.04. The maximum atomic E-state index is 13.0. The summed E-state index contributed by atoms with van der Waals surface area (Å²) in [7, 11) is 1.57. The van der Waals surface area contributed by atoms with E-state index in [9.17, 15) is 14.4 Å². The van der Waals surface area contributed by atoms with Crippen LogP contribution in [0.25, 0.3) is 11.0 Å². The molecule has 0 spiro atoms. The minimum Gasteiger partial charge on any atom is -0.497 e. The Morgan fingerprint density at radius 1 is 1.12 bits per heavy atom. The molecule has 0 fully saturated rings. The summed E-state index contributed by atoms with van der Waals surface area (Å²) in [5.41, 5.74) is 1.84. The molecule has 8 nitrogen and oxygen atoms in total. The Morgan fingerprint density at radius 3 is 2.55 bits per heavy atom. The van der Waals surface area contributed by atoms with Crippen LogP contribution in [0.3, 0.4) is 0 Å². The largest absolute Gasteiger partial charge is 0.497 e. The Balaban J connectivity index is 1.76. The van der Waals surface area contributed by atoms with Gasteiger partial charge in [0, 0.05) is 10.7 Å². The van der Waals surface area contributed by atoms with Crippen molar-refractivity contribution in [3.63, 3.8) is 0 Å². The molecule has 2 N–H and O–H groups in total. The number of fused-ring (bicyclic) bond motifs is 1. The molecule has 0 aliphatic rings. The van der Waals surface area contributed by atoms with E-state index in [0.717, 1.165) is 11.1 Å². The van der Waals surface area contributed by atoms with Crippen LogP contribution in [0.5, 0.6) is 5.75 Å². The van der Waals surface area contributed by atoms with E-state index in [1.807, 2.05) is 19.1 Å². The van der Waals surface area contributed by atoms with Gasteiger partial charge in [0.1, 0.15) is 11.4 Å². The van der Waals surface area contributed by atoms with Gasteiger partial charge in [-0.1, -0.05) is 29.8 Å². The Kier molecular flexibility index (Phi) is 6.02. The zero-order valence-electron chi connectivity index (χ0n) is 18.2. The molecule has 0 atom stereocenters. The molecule has 0 unspecified atom stereocenters. The highest BCUT2D eigenvalue weighted by Gasteiger charge is 2.17. The number of nitrogens with one attached hydrogen (secondary N) is 2. The maximum absolute atomic E-state index is 13.0. The van der Waals surface area contributed by atoms with Crippen molar-refractivity contribution in [2.45, 2.75) is 20.4 Å². The molecule has 9 heteroatoms. The van der Waals surface area contributed by atoms with Gasteiger partial charge in [0.15, 0.2) is 0 Å². The van der Waals surface area contributed by atoms with Crippen LogP contribution in [-0.2, 0) is 6.54 Å². The maximum Gasteiger partial charge on any atom is 0.330 e. The molecule has 168 valence electrons. The minimum absolute atomic E-state index is 0.140. The number of halogens is 1. The van der Waals surface area contributed by atoms with Crippen LogP contribution in [0.4, 0.5) is 5.69 Å². The number of methoxy groups -OCH3 is 1. The van der Waals surface area contributed by atoms with Crippen molar-refractivity contribution >= 4 is 34.2 Å². The van der Waals surface area contributed by atoms with Gasteiger partial charge in [-0.25, -0.2) is 9.78 Å². The number of aromatic nitrogens is 3. The lowest BCUT2D eigenvalue weighted by Gasteiger charge is -2.13. The minimum atomic E-state index is -0.610. The van der Waals surface area contributed by atoms with Gasteiger partial charge < -0.3 is 10.1 Å². The zero-order chi connectivity index (χ0) is 23.7. The molecule has 2 aromatic heterocycles. The lowest BCUT2D eigenvalue weighted by molar-refractivity contribution is 0.102. The summed E-state index contributed by atoms with van der Waals surface area (Å²) in [6, 6.07) is 13.9. The number of carbonyl (C=O) groups excluding carboxylic acids is 1. The van der Waals surface area contributed by atoms with Crippen LogP contribution in [0, 0.1) is 13.8 Å². The molecule has 2 aromatic carbocycles. The molecule has 0 aliphatic carbocycles. The van der Waals surface area contributed by atoms with E-state index in [4.69, 9.17) is 16.3 Å². The van der Waals surface area contributed by atoms with Crippen molar-refractivity contribution in [2.24, 2.45) is 0 Å². The molecule has 2 heterocycles. The summed E-state index contributed by atoms with van der Waals surface area (Å²) in [4.78, 5) is 44.9. The highest BCUT2D eigenvalue weighted by Crippen LogP contribution is 2.22. The molecule has 0 saturated heterocycles. The van der Waals surface area contributed by atoms with Crippen molar-refractivity contribution in [1.29, 1.82) is 0 Å². The Hall–Kier alpha value is -3.91. The van der Waals surface area contributed by atoms with Crippen molar-refractivity contribution in [1.82, 2.24) is 14.5 Å². The normalized spacial score (nSPS) is 10.9. The lowest BCUT2D eigenvalue weighted by atomic mass is 10.1. The number of H-pyrrole nitrogens is 1. The van der Waals surface area contributed by atoms with E-state index >= 15 is 0 Å². The average molecular weight is 465 g/mol. The van der Waals surface area contributed by atoms with Gasteiger partial charge in [0.2, 0.25) is 0 Å². The van der Waals surface area contributed by atoms with Gasteiger partial charge in [0.25, 0.3) is 11.5 Å². The third kappa shape index (κ3) is 4.51. The highest BCUT2D eigenvalue weighted by molar-refractivity contribution is 6.31. The first kappa shape index (κ1) is 22.3. The summed E-state index contributed by atoms with van der Waals surface area (Å²) in [6.07, 6.45) is 0. The molecule has 4 rings (SSSR count). The topological polar surface area (TPSA) is 106 Å². The predicted octanol–water partition coefficient (Wildman–Crippen LogP) is 3.66. The smallest absolute Gasteiger partial charge is 0.330 e. The van der Waals surface area contributed by atoms with Crippen LogP contribution in [-0.4, -0.2) is 27.6 Å². The number of hydrogen-bond donors (Lipinski definition) is 2. The summed E-state index contributed by atoms with van der Waals surface area (Å²) in [5, 5.41) is 3.44. The average Bonchev–Trinajstić information content (AvgIpc) is 2.79. The van der Waals surface area contributed by atoms with Crippen molar-refractivity contribution in [2.75, 3.05) is 12.4 Å². The van der Waals surface area contributed by atoms with E-state index in [1.54, 1.807) is 44.4 Å². The van der Waals surface area contributed by atoms with Crippen molar-refractivity contribution in [3.05, 3.63) is 96.8 Å². The van der Waals surface area contributed by atoms with Gasteiger partial charge in [-0.15, -0.1) is 0 Å². The lowest BCUT2D eigenvalue weighted by Crippen LogP contribution is -2.32. The fourth-order valence-corrected chi connectivity index (χ4v) is 3.67. The van der Waals surface area contributed by atoms with Crippen LogP contribution in [0.1, 0.15) is 27.2 Å². The summed E-state index contributed by atoms with van der Waals surface area (Å²) < 4.78 is 6.53. The molecule has 0 radical (unpaired) electrons. The quantitative estimate of drug-likeness (QED) is 0.468. The van der Waals surface area contributed by atoms with Crippen LogP contribution in [0.2, 0.25) is 5.02 Å². The fraction of sp³-hybridized carbons (Fsp3) is 0.167. The number of rotatable bonds is 5. The molecular formula is C24H21ClN4O4. The van der Waals surface area contributed by atoms with Crippen molar-refractivity contribution < 1.29 is 9.53 Å². The number of benzene rings is 2. The Morgan fingerprint density at radius 2 is 1.85 bits per heavy atom. The van der Waals surface area contributed by atoms with E-state index in [0.29, 0.717) is 22.2 Å². The molecule has 0 bridgehead atoms. The number of aromatic amines is 1. The molecule has 1 amide bonds. The first-order valence-electron chi connectivity index (χ1n) is 10.1. The first-order chi connectivity index (χ1) is 15.8. The second kappa shape index (κ2) is 8.91. The second-order valence-electron chi connectivity index (χ2n) is 7.60. The van der Waals surface area contributed by atoms with Gasteiger partial charge >= 0.3 is 5.69 Å². The third-order valence-corrected chi connectivity index (χ3v) is 5.59. The highest BCUT2D eigenvalue weighted by atomic mass is 35.5. The zero-order valence-corrected chi connectivity index (χ0v) is 19.0. The molecule has 0 saturated carbocycles. The number of anilines is 1. The van der Waals surface area contributed by atoms with Gasteiger partial charge in [-0.2, -0.15) is 0 Å². The van der Waals surface area contributed by atoms with Crippen LogP contribution in [0.15, 0.2) is 58.1 Å². The number of nitrogens with zero attached hydrogens (tertiary/aromatic N) is 2. The number of pyridine rings is 1. The van der Waals surface area contributed by atoms with Gasteiger partial charge in [0.05, 0.1) is 30.3 Å². The first-order valence-corrected chi connectivity index (χ1v) is 10.5. The fourth-order valence-electron chi connectivity index (χ4n) is 3.50. The van der Waals surface area contributed by atoms with E-state index in [-0.39, 0.29) is 23.1 Å². The van der Waals surface area contributed by atoms with Crippen molar-refractivity contribution in [3.8, 4) is 5.75 Å². The summed E-state index contributed by atoms with van der Waals surface area (Å²) in [5.74, 6) is 0.261. The Bertz CT molecular complexity index is 1490. The molecule has 0 aliphatic heterocycles.